The number of halogens is 1. The van der Waals surface area contributed by atoms with Crippen LogP contribution in [0, 0.1) is 0 Å². The van der Waals surface area contributed by atoms with E-state index in [2.05, 4.69) is 15.6 Å². The lowest BCUT2D eigenvalue weighted by molar-refractivity contribution is 0.0854. The van der Waals surface area contributed by atoms with E-state index in [0.717, 1.165) is 25.1 Å². The van der Waals surface area contributed by atoms with Gasteiger partial charge in [0.25, 0.3) is 5.91 Å². The highest BCUT2D eigenvalue weighted by Crippen LogP contribution is 2.30. The van der Waals surface area contributed by atoms with Gasteiger partial charge in [-0.05, 0) is 43.2 Å². The Labute approximate surface area is 151 Å². The van der Waals surface area contributed by atoms with Crippen LogP contribution in [0.4, 0.5) is 11.4 Å². The number of anilines is 2. The van der Waals surface area contributed by atoms with Crippen LogP contribution in [0.1, 0.15) is 23.3 Å². The zero-order valence-electron chi connectivity index (χ0n) is 13.9. The Morgan fingerprint density at radius 3 is 3.04 bits per heavy atom. The first-order chi connectivity index (χ1) is 12.2. The van der Waals surface area contributed by atoms with Crippen molar-refractivity contribution in [2.24, 2.45) is 0 Å². The molecule has 0 spiro atoms. The van der Waals surface area contributed by atoms with Crippen LogP contribution in [0.5, 0.6) is 5.75 Å². The summed E-state index contributed by atoms with van der Waals surface area (Å²) in [6.45, 7) is 1.26. The van der Waals surface area contributed by atoms with Gasteiger partial charge in [-0.25, -0.2) is 0 Å². The summed E-state index contributed by atoms with van der Waals surface area (Å²) in [6, 6.07) is 8.75. The van der Waals surface area contributed by atoms with Gasteiger partial charge >= 0.3 is 0 Å². The average Bonchev–Trinajstić information content (AvgIpc) is 3.14. The molecular formula is C18H20ClN3O3. The van der Waals surface area contributed by atoms with Gasteiger partial charge in [0.15, 0.2) is 0 Å². The molecule has 7 heteroatoms. The minimum Gasteiger partial charge on any atom is -0.495 e. The fourth-order valence-electron chi connectivity index (χ4n) is 2.67. The molecule has 1 atom stereocenters. The molecule has 132 valence electrons. The van der Waals surface area contributed by atoms with E-state index in [0.29, 0.717) is 28.7 Å². The van der Waals surface area contributed by atoms with Crippen LogP contribution in [-0.2, 0) is 4.74 Å². The number of aromatic nitrogens is 1. The maximum atomic E-state index is 12.3. The Bertz CT molecular complexity index is 748. The van der Waals surface area contributed by atoms with E-state index in [1.54, 1.807) is 43.6 Å². The fraction of sp³-hybridized carbons (Fsp3) is 0.333. The first kappa shape index (κ1) is 17.5. The predicted octanol–water partition coefficient (Wildman–Crippen LogP) is 3.40. The number of carbonyl (C=O) groups excluding carboxylic acids is 1. The van der Waals surface area contributed by atoms with E-state index in [1.807, 2.05) is 0 Å². The van der Waals surface area contributed by atoms with Crippen LogP contribution < -0.4 is 15.4 Å². The molecule has 1 unspecified atom stereocenters. The van der Waals surface area contributed by atoms with Gasteiger partial charge in [-0.15, -0.1) is 0 Å². The third-order valence-corrected chi connectivity index (χ3v) is 4.18. The Kier molecular flexibility index (Phi) is 5.73. The predicted molar refractivity (Wildman–Crippen MR) is 96.8 cm³/mol. The molecule has 6 nitrogen and oxygen atoms in total. The average molecular weight is 362 g/mol. The molecule has 1 aromatic carbocycles. The molecule has 1 amide bonds. The second-order valence-electron chi connectivity index (χ2n) is 5.74. The van der Waals surface area contributed by atoms with Gasteiger partial charge in [-0.1, -0.05) is 11.6 Å². The summed E-state index contributed by atoms with van der Waals surface area (Å²) in [5, 5.41) is 6.66. The molecule has 1 fully saturated rings. The van der Waals surface area contributed by atoms with Crippen LogP contribution in [0.2, 0.25) is 5.02 Å². The number of nitrogens with zero attached hydrogens (tertiary/aromatic N) is 1. The minimum absolute atomic E-state index is 0.0981. The topological polar surface area (TPSA) is 72.5 Å². The van der Waals surface area contributed by atoms with Crippen LogP contribution in [0.15, 0.2) is 36.5 Å². The zero-order chi connectivity index (χ0) is 17.6. The zero-order valence-corrected chi connectivity index (χ0v) is 14.7. The van der Waals surface area contributed by atoms with E-state index in [4.69, 9.17) is 21.1 Å². The summed E-state index contributed by atoms with van der Waals surface area (Å²) in [5.41, 5.74) is 1.77. The largest absolute Gasteiger partial charge is 0.495 e. The first-order valence-electron chi connectivity index (χ1n) is 8.12. The third-order valence-electron chi connectivity index (χ3n) is 3.95. The van der Waals surface area contributed by atoms with Crippen molar-refractivity contribution >= 4 is 28.9 Å². The molecule has 2 heterocycles. The fourth-order valence-corrected chi connectivity index (χ4v) is 2.84. The molecule has 1 aromatic heterocycles. The number of ether oxygens (including phenoxy) is 2. The van der Waals surface area contributed by atoms with Crippen molar-refractivity contribution in [1.29, 1.82) is 0 Å². The van der Waals surface area contributed by atoms with Gasteiger partial charge in [0.2, 0.25) is 0 Å². The lowest BCUT2D eigenvalue weighted by Gasteiger charge is -2.13. The van der Waals surface area contributed by atoms with Crippen LogP contribution in [0.25, 0.3) is 0 Å². The summed E-state index contributed by atoms with van der Waals surface area (Å²) in [6.07, 6.45) is 3.70. The highest BCUT2D eigenvalue weighted by Gasteiger charge is 2.17. The van der Waals surface area contributed by atoms with E-state index in [1.165, 1.54) is 0 Å². The summed E-state index contributed by atoms with van der Waals surface area (Å²) >= 11 is 6.04. The SMILES string of the molecule is COc1ccc(Cl)cc1Nc1ccnc(C(=O)NCC2CCCO2)c1. The van der Waals surface area contributed by atoms with Crippen LogP contribution >= 0.6 is 11.6 Å². The van der Waals surface area contributed by atoms with Crippen molar-refractivity contribution in [2.45, 2.75) is 18.9 Å². The lowest BCUT2D eigenvalue weighted by Crippen LogP contribution is -2.32. The minimum atomic E-state index is -0.225. The number of hydrogen-bond donors (Lipinski definition) is 2. The summed E-state index contributed by atoms with van der Waals surface area (Å²) < 4.78 is 10.8. The van der Waals surface area contributed by atoms with Gasteiger partial charge in [0, 0.05) is 30.1 Å². The number of amides is 1. The molecule has 2 aromatic rings. The molecule has 1 saturated heterocycles. The summed E-state index contributed by atoms with van der Waals surface area (Å²) in [5.74, 6) is 0.433. The molecule has 3 rings (SSSR count). The molecule has 2 N–H and O–H groups in total. The Morgan fingerprint density at radius 2 is 2.28 bits per heavy atom. The number of nitrogens with one attached hydrogen (secondary N) is 2. The molecule has 0 radical (unpaired) electrons. The summed E-state index contributed by atoms with van der Waals surface area (Å²) in [4.78, 5) is 16.4. The number of benzene rings is 1. The monoisotopic (exact) mass is 361 g/mol. The van der Waals surface area contributed by atoms with Gasteiger partial charge in [-0.2, -0.15) is 0 Å². The van der Waals surface area contributed by atoms with E-state index < -0.39 is 0 Å². The van der Waals surface area contributed by atoms with Crippen molar-refractivity contribution in [3.63, 3.8) is 0 Å². The normalized spacial score (nSPS) is 16.5. The van der Waals surface area contributed by atoms with Gasteiger partial charge < -0.3 is 20.1 Å². The number of carbonyl (C=O) groups is 1. The third kappa shape index (κ3) is 4.61. The number of hydrogen-bond acceptors (Lipinski definition) is 5. The van der Waals surface area contributed by atoms with Crippen molar-refractivity contribution < 1.29 is 14.3 Å². The van der Waals surface area contributed by atoms with Gasteiger partial charge in [-0.3, -0.25) is 9.78 Å². The highest BCUT2D eigenvalue weighted by molar-refractivity contribution is 6.31. The molecule has 0 aliphatic carbocycles. The molecule has 1 aliphatic heterocycles. The molecule has 0 saturated carbocycles. The van der Waals surface area contributed by atoms with Crippen LogP contribution in [0.3, 0.4) is 0 Å². The van der Waals surface area contributed by atoms with Crippen LogP contribution in [-0.4, -0.2) is 37.3 Å². The Morgan fingerprint density at radius 1 is 1.40 bits per heavy atom. The standard InChI is InChI=1S/C18H20ClN3O3/c1-24-17-5-4-12(19)9-15(17)22-13-6-7-20-16(10-13)18(23)21-11-14-3-2-8-25-14/h4-7,9-10,14H,2-3,8,11H2,1H3,(H,20,22)(H,21,23). The van der Waals surface area contributed by atoms with Crippen molar-refractivity contribution in [3.05, 3.63) is 47.2 Å². The summed E-state index contributed by atoms with van der Waals surface area (Å²) in [7, 11) is 1.59. The van der Waals surface area contributed by atoms with E-state index in [-0.39, 0.29) is 12.0 Å². The molecule has 1 aliphatic rings. The second kappa shape index (κ2) is 8.18. The molecule has 0 bridgehead atoms. The highest BCUT2D eigenvalue weighted by atomic mass is 35.5. The van der Waals surface area contributed by atoms with Gasteiger partial charge in [0.05, 0.1) is 18.9 Å². The molecular weight excluding hydrogens is 342 g/mol. The maximum absolute atomic E-state index is 12.3. The smallest absolute Gasteiger partial charge is 0.270 e. The first-order valence-corrected chi connectivity index (χ1v) is 8.50. The van der Waals surface area contributed by atoms with E-state index >= 15 is 0 Å². The lowest BCUT2D eigenvalue weighted by atomic mass is 10.2. The van der Waals surface area contributed by atoms with E-state index in [9.17, 15) is 4.79 Å². The second-order valence-corrected chi connectivity index (χ2v) is 6.18. The Hall–Kier alpha value is -2.31. The van der Waals surface area contributed by atoms with Crippen molar-refractivity contribution in [1.82, 2.24) is 10.3 Å². The number of rotatable bonds is 6. The maximum Gasteiger partial charge on any atom is 0.270 e. The van der Waals surface area contributed by atoms with Gasteiger partial charge in [0.1, 0.15) is 11.4 Å². The van der Waals surface area contributed by atoms with Crippen molar-refractivity contribution in [3.8, 4) is 5.75 Å². The van der Waals surface area contributed by atoms with Crippen molar-refractivity contribution in [2.75, 3.05) is 25.6 Å². The molecule has 25 heavy (non-hydrogen) atoms. The Balaban J connectivity index is 1.68. The quantitative estimate of drug-likeness (QED) is 0.825. The number of methoxy groups -OCH3 is 1. The number of pyridine rings is 1.